The number of nitrogens with zero attached hydrogens (tertiary/aromatic N) is 4. The fourth-order valence-corrected chi connectivity index (χ4v) is 2.63. The summed E-state index contributed by atoms with van der Waals surface area (Å²) in [5.74, 6) is 0.506. The Morgan fingerprint density at radius 1 is 1.26 bits per heavy atom. The summed E-state index contributed by atoms with van der Waals surface area (Å²) in [6.07, 6.45) is 3.34. The Balaban J connectivity index is 2.02. The molecule has 0 bridgehead atoms. The molecule has 5 nitrogen and oxygen atoms in total. The normalized spacial score (nSPS) is 10.8. The zero-order valence-corrected chi connectivity index (χ0v) is 13.0. The van der Waals surface area contributed by atoms with E-state index in [0.717, 1.165) is 30.4 Å². The van der Waals surface area contributed by atoms with Crippen molar-refractivity contribution in [3.63, 3.8) is 0 Å². The summed E-state index contributed by atoms with van der Waals surface area (Å²) in [6.45, 7) is 2.10. The smallest absolute Gasteiger partial charge is 0.232 e. The number of rotatable bonds is 5. The topological polar surface area (TPSA) is 74.2 Å². The Hall–Kier alpha value is -2.87. The molecule has 2 heterocycles. The molecule has 0 fully saturated rings. The van der Waals surface area contributed by atoms with Crippen LogP contribution in [0.15, 0.2) is 36.4 Å². The zero-order valence-electron chi connectivity index (χ0n) is 13.0. The van der Waals surface area contributed by atoms with Crippen LogP contribution in [-0.4, -0.2) is 19.7 Å². The van der Waals surface area contributed by atoms with Gasteiger partial charge in [-0.05, 0) is 30.0 Å². The Bertz CT molecular complexity index is 862. The average Bonchev–Trinajstić information content (AvgIpc) is 2.96. The summed E-state index contributed by atoms with van der Waals surface area (Å²) >= 11 is 0. The number of hydrogen-bond donors (Lipinski definition) is 1. The van der Waals surface area contributed by atoms with Crippen molar-refractivity contribution in [1.29, 1.82) is 5.26 Å². The number of aryl methyl sites for hydroxylation is 1. The van der Waals surface area contributed by atoms with Crippen molar-refractivity contribution in [2.24, 2.45) is 0 Å². The van der Waals surface area contributed by atoms with Crippen molar-refractivity contribution in [1.82, 2.24) is 14.6 Å². The van der Waals surface area contributed by atoms with Crippen molar-refractivity contribution in [3.8, 4) is 11.9 Å². The molecule has 1 N–H and O–H groups in total. The van der Waals surface area contributed by atoms with Crippen LogP contribution in [0.4, 0.5) is 0 Å². The van der Waals surface area contributed by atoms with Gasteiger partial charge in [0.15, 0.2) is 11.5 Å². The molecule has 0 aliphatic heterocycles. The summed E-state index contributed by atoms with van der Waals surface area (Å²) in [5.41, 5.74) is 2.81. The van der Waals surface area contributed by atoms with Gasteiger partial charge < -0.3 is 5.11 Å². The highest BCUT2D eigenvalue weighted by atomic mass is 16.3. The molecule has 23 heavy (non-hydrogen) atoms. The molecule has 116 valence electrons. The van der Waals surface area contributed by atoms with Gasteiger partial charge in [0.2, 0.25) is 5.88 Å². The minimum Gasteiger partial charge on any atom is -0.492 e. The van der Waals surface area contributed by atoms with Crippen molar-refractivity contribution in [2.75, 3.05) is 0 Å². The largest absolute Gasteiger partial charge is 0.492 e. The first-order valence-corrected chi connectivity index (χ1v) is 7.77. The van der Waals surface area contributed by atoms with Crippen LogP contribution in [0.3, 0.4) is 0 Å². The molecule has 0 unspecified atom stereocenters. The lowest BCUT2D eigenvalue weighted by molar-refractivity contribution is 0.433. The van der Waals surface area contributed by atoms with Gasteiger partial charge in [0.25, 0.3) is 0 Å². The summed E-state index contributed by atoms with van der Waals surface area (Å²) < 4.78 is 1.35. The second-order valence-electron chi connectivity index (χ2n) is 5.54. The van der Waals surface area contributed by atoms with Crippen LogP contribution >= 0.6 is 0 Å². The Kier molecular flexibility index (Phi) is 4.24. The standard InChI is InChI=1S/C18H18N4O/c1-2-3-9-14-11-17-20-16(10-13-7-5-4-6-8-13)21-22(17)18(23)15(14)12-19/h4-8,11,23H,2-3,9-10H2,1H3. The van der Waals surface area contributed by atoms with Crippen LogP contribution in [-0.2, 0) is 12.8 Å². The minimum atomic E-state index is -0.122. The molecule has 0 aliphatic rings. The van der Waals surface area contributed by atoms with Gasteiger partial charge in [-0.15, -0.1) is 5.10 Å². The molecule has 0 atom stereocenters. The van der Waals surface area contributed by atoms with Gasteiger partial charge in [-0.25, -0.2) is 4.98 Å². The monoisotopic (exact) mass is 306 g/mol. The molecule has 0 radical (unpaired) electrons. The van der Waals surface area contributed by atoms with E-state index in [1.165, 1.54) is 4.52 Å². The summed E-state index contributed by atoms with van der Waals surface area (Å²) in [6, 6.07) is 13.9. The minimum absolute atomic E-state index is 0.122. The molecule has 5 heteroatoms. The van der Waals surface area contributed by atoms with Gasteiger partial charge in [0.1, 0.15) is 11.6 Å². The zero-order chi connectivity index (χ0) is 16.2. The predicted molar refractivity (Wildman–Crippen MR) is 87.2 cm³/mol. The lowest BCUT2D eigenvalue weighted by Crippen LogP contribution is -1.98. The van der Waals surface area contributed by atoms with E-state index >= 15 is 0 Å². The first-order valence-electron chi connectivity index (χ1n) is 7.77. The number of unbranched alkanes of at least 4 members (excludes halogenated alkanes) is 1. The molecule has 0 saturated carbocycles. The van der Waals surface area contributed by atoms with E-state index in [1.807, 2.05) is 36.4 Å². The number of nitriles is 1. The maximum Gasteiger partial charge on any atom is 0.232 e. The van der Waals surface area contributed by atoms with E-state index in [2.05, 4.69) is 23.1 Å². The van der Waals surface area contributed by atoms with Gasteiger partial charge in [-0.1, -0.05) is 43.7 Å². The highest BCUT2D eigenvalue weighted by Crippen LogP contribution is 2.24. The SMILES string of the molecule is CCCCc1cc2nc(Cc3ccccc3)nn2c(O)c1C#N. The number of pyridine rings is 1. The van der Waals surface area contributed by atoms with E-state index < -0.39 is 0 Å². The molecular weight excluding hydrogens is 288 g/mol. The van der Waals surface area contributed by atoms with Crippen molar-refractivity contribution in [2.45, 2.75) is 32.6 Å². The first-order chi connectivity index (χ1) is 11.2. The van der Waals surface area contributed by atoms with E-state index in [4.69, 9.17) is 0 Å². The van der Waals surface area contributed by atoms with Crippen molar-refractivity contribution in [3.05, 3.63) is 58.9 Å². The lowest BCUT2D eigenvalue weighted by Gasteiger charge is -2.06. The van der Waals surface area contributed by atoms with Crippen LogP contribution < -0.4 is 0 Å². The Labute approximate surface area is 134 Å². The van der Waals surface area contributed by atoms with Crippen LogP contribution in [0, 0.1) is 11.3 Å². The first kappa shape index (κ1) is 15.0. The molecular formula is C18H18N4O. The van der Waals surface area contributed by atoms with Gasteiger partial charge in [-0.2, -0.15) is 9.78 Å². The fraction of sp³-hybridized carbons (Fsp3) is 0.278. The number of aromatic nitrogens is 3. The third-order valence-electron chi connectivity index (χ3n) is 3.84. The third kappa shape index (κ3) is 3.02. The molecule has 0 saturated heterocycles. The molecule has 0 spiro atoms. The summed E-state index contributed by atoms with van der Waals surface area (Å²) in [7, 11) is 0. The van der Waals surface area contributed by atoms with Crippen LogP contribution in [0.2, 0.25) is 0 Å². The van der Waals surface area contributed by atoms with E-state index in [0.29, 0.717) is 23.5 Å². The molecule has 1 aromatic carbocycles. The Morgan fingerprint density at radius 2 is 2.04 bits per heavy atom. The van der Waals surface area contributed by atoms with Crippen molar-refractivity contribution >= 4 is 5.65 Å². The number of aromatic hydroxyl groups is 1. The molecule has 3 rings (SSSR count). The van der Waals surface area contributed by atoms with Crippen molar-refractivity contribution < 1.29 is 5.11 Å². The second-order valence-corrected chi connectivity index (χ2v) is 5.54. The van der Waals surface area contributed by atoms with Gasteiger partial charge >= 0.3 is 0 Å². The third-order valence-corrected chi connectivity index (χ3v) is 3.84. The highest BCUT2D eigenvalue weighted by Gasteiger charge is 2.16. The molecule has 0 amide bonds. The molecule has 2 aromatic heterocycles. The predicted octanol–water partition coefficient (Wildman–Crippen LogP) is 3.24. The Morgan fingerprint density at radius 3 is 2.74 bits per heavy atom. The van der Waals surface area contributed by atoms with E-state index in [9.17, 15) is 10.4 Å². The highest BCUT2D eigenvalue weighted by molar-refractivity contribution is 5.54. The van der Waals surface area contributed by atoms with Crippen LogP contribution in [0.1, 0.15) is 42.3 Å². The second kappa shape index (κ2) is 6.49. The van der Waals surface area contributed by atoms with Crippen LogP contribution in [0.5, 0.6) is 5.88 Å². The molecule has 0 aliphatic carbocycles. The number of benzene rings is 1. The maximum atomic E-state index is 10.3. The number of fused-ring (bicyclic) bond motifs is 1. The van der Waals surface area contributed by atoms with Crippen LogP contribution in [0.25, 0.3) is 5.65 Å². The van der Waals surface area contributed by atoms with Gasteiger partial charge in [0, 0.05) is 6.42 Å². The average molecular weight is 306 g/mol. The number of hydrogen-bond acceptors (Lipinski definition) is 4. The van der Waals surface area contributed by atoms with E-state index in [-0.39, 0.29) is 5.88 Å². The summed E-state index contributed by atoms with van der Waals surface area (Å²) in [5, 5.41) is 24.0. The van der Waals surface area contributed by atoms with E-state index in [1.54, 1.807) is 0 Å². The lowest BCUT2D eigenvalue weighted by atomic mass is 10.0. The van der Waals surface area contributed by atoms with Gasteiger partial charge in [-0.3, -0.25) is 0 Å². The quantitative estimate of drug-likeness (QED) is 0.785. The molecule has 3 aromatic rings. The summed E-state index contributed by atoms with van der Waals surface area (Å²) in [4.78, 5) is 4.50. The van der Waals surface area contributed by atoms with Gasteiger partial charge in [0.05, 0.1) is 0 Å². The fourth-order valence-electron chi connectivity index (χ4n) is 2.63. The maximum absolute atomic E-state index is 10.3.